The number of hydrogen-bond donors (Lipinski definition) is 0. The van der Waals surface area contributed by atoms with Gasteiger partial charge in [0, 0.05) is 5.92 Å². The Morgan fingerprint density at radius 1 is 0.794 bits per heavy atom. The molecule has 1 atom stereocenters. The van der Waals surface area contributed by atoms with Gasteiger partial charge in [0.25, 0.3) is 0 Å². The van der Waals surface area contributed by atoms with Crippen LogP contribution in [0.2, 0.25) is 0 Å². The summed E-state index contributed by atoms with van der Waals surface area (Å²) < 4.78 is 0. The summed E-state index contributed by atoms with van der Waals surface area (Å²) >= 11 is -0.826. The summed E-state index contributed by atoms with van der Waals surface area (Å²) in [6, 6.07) is 42.8. The summed E-state index contributed by atoms with van der Waals surface area (Å²) in [6.45, 7) is 0. The summed E-state index contributed by atoms with van der Waals surface area (Å²) in [6.07, 6.45) is 2.42. The summed E-state index contributed by atoms with van der Waals surface area (Å²) in [5.41, 5.74) is 6.55. The third-order valence-corrected chi connectivity index (χ3v) is 7.41. The molecule has 0 fully saturated rings. The predicted molar refractivity (Wildman–Crippen MR) is 144 cm³/mol. The van der Waals surface area contributed by atoms with Gasteiger partial charge in [0.15, 0.2) is 0 Å². The maximum absolute atomic E-state index is 4.93. The molecule has 6 rings (SSSR count). The number of fused-ring (bicyclic) bond motifs is 2. The standard InChI is InChI=1S/C30H20Si.2ClH.Zr/c1-2-10-21(11-3-1)26-15-8-9-17-28(26)30-27-16-7-6-14-24(27)20-29(30)31-25-18-22-12-4-5-13-23(22)19-25;;;/h1-10,12-20,30H;2*1H;/q-2;;;+4/p-2. The van der Waals surface area contributed by atoms with E-state index in [1.54, 1.807) is 0 Å². The minimum Gasteiger partial charge on any atom is -0.169 e. The molecule has 1 aliphatic carbocycles. The zero-order valence-corrected chi connectivity index (χ0v) is 23.3. The van der Waals surface area contributed by atoms with Crippen molar-refractivity contribution < 1.29 is 20.8 Å². The summed E-state index contributed by atoms with van der Waals surface area (Å²) in [7, 11) is 10.5. The van der Waals surface area contributed by atoms with Crippen LogP contribution in [0.3, 0.4) is 0 Å². The Bertz CT molecular complexity index is 1410. The fraction of sp³-hybridized carbons (Fsp3) is 0.0333. The molecule has 34 heavy (non-hydrogen) atoms. The van der Waals surface area contributed by atoms with Crippen LogP contribution in [0, 0.1) is 6.07 Å². The van der Waals surface area contributed by atoms with Crippen LogP contribution >= 0.6 is 17.0 Å². The van der Waals surface area contributed by atoms with Gasteiger partial charge < -0.3 is 0 Å². The molecule has 2 radical (unpaired) electrons. The Morgan fingerprint density at radius 3 is 2.29 bits per heavy atom. The molecule has 0 saturated carbocycles. The van der Waals surface area contributed by atoms with E-state index >= 15 is 0 Å². The van der Waals surface area contributed by atoms with E-state index in [1.807, 2.05) is 12.1 Å². The van der Waals surface area contributed by atoms with Gasteiger partial charge in [0.05, 0.1) is 9.52 Å². The number of hydrogen-bond acceptors (Lipinski definition) is 0. The average Bonchev–Trinajstić information content (AvgIpc) is 3.45. The van der Waals surface area contributed by atoms with Crippen molar-refractivity contribution >= 4 is 48.6 Å². The second-order valence-electron chi connectivity index (χ2n) is 8.09. The van der Waals surface area contributed by atoms with E-state index in [-0.39, 0.29) is 5.92 Å². The van der Waals surface area contributed by atoms with Gasteiger partial charge in [-0.05, 0) is 11.1 Å². The Morgan fingerprint density at radius 2 is 1.50 bits per heavy atom. The van der Waals surface area contributed by atoms with Crippen LogP contribution in [-0.4, -0.2) is 9.52 Å². The largest absolute Gasteiger partial charge is 0.169 e. The van der Waals surface area contributed by atoms with E-state index in [0.29, 0.717) is 9.52 Å². The van der Waals surface area contributed by atoms with E-state index in [9.17, 15) is 0 Å². The molecule has 0 heterocycles. The van der Waals surface area contributed by atoms with E-state index in [1.165, 1.54) is 43.4 Å². The van der Waals surface area contributed by atoms with Crippen molar-refractivity contribution in [3.8, 4) is 11.1 Å². The van der Waals surface area contributed by atoms with E-state index < -0.39 is 20.8 Å². The third kappa shape index (κ3) is 4.97. The first-order valence-electron chi connectivity index (χ1n) is 11.0. The van der Waals surface area contributed by atoms with Crippen LogP contribution in [0.5, 0.6) is 0 Å². The van der Waals surface area contributed by atoms with Crippen LogP contribution in [0.15, 0.2) is 114 Å². The van der Waals surface area contributed by atoms with Crippen molar-refractivity contribution in [3.63, 3.8) is 0 Å². The summed E-state index contributed by atoms with van der Waals surface area (Å²) in [5.74, 6) is 0.275. The first-order chi connectivity index (χ1) is 16.8. The smallest absolute Gasteiger partial charge is 0.0936 e. The molecule has 0 aromatic heterocycles. The number of halogens is 2. The van der Waals surface area contributed by atoms with Crippen LogP contribution in [-0.2, 0) is 20.8 Å². The van der Waals surface area contributed by atoms with Gasteiger partial charge in [-0.15, -0.1) is 70.7 Å². The zero-order valence-electron chi connectivity index (χ0n) is 18.3. The second kappa shape index (κ2) is 11.1. The quantitative estimate of drug-likeness (QED) is 0.152. The molecular weight excluding hydrogens is 551 g/mol. The number of allylic oxidation sites excluding steroid dienone is 1. The van der Waals surface area contributed by atoms with Crippen LogP contribution in [0.25, 0.3) is 28.0 Å². The first-order valence-corrected chi connectivity index (χ1v) is 18.4. The maximum atomic E-state index is 4.93. The molecule has 0 aliphatic heterocycles. The van der Waals surface area contributed by atoms with Gasteiger partial charge in [-0.2, -0.15) is 11.5 Å². The summed E-state index contributed by atoms with van der Waals surface area (Å²) in [4.78, 5) is 0. The second-order valence-corrected chi connectivity index (χ2v) is 13.2. The number of rotatable bonds is 4. The van der Waals surface area contributed by atoms with Crippen molar-refractivity contribution in [2.75, 3.05) is 0 Å². The molecule has 0 spiro atoms. The molecule has 1 unspecified atom stereocenters. The molecule has 0 saturated heterocycles. The predicted octanol–water partition coefficient (Wildman–Crippen LogP) is 7.92. The molecule has 4 heteroatoms. The summed E-state index contributed by atoms with van der Waals surface area (Å²) in [5, 5.41) is 5.56. The van der Waals surface area contributed by atoms with Crippen molar-refractivity contribution in [1.82, 2.24) is 0 Å². The van der Waals surface area contributed by atoms with Gasteiger partial charge in [-0.3, -0.25) is 0 Å². The van der Waals surface area contributed by atoms with E-state index in [2.05, 4.69) is 109 Å². The Hall–Kier alpha value is -2.09. The minimum absolute atomic E-state index is 0.275. The SMILES string of the molecule is [Cl][Zr+2][Cl].[c-]1ccccc1-c1ccccc1C1C([Si]c2cc3ccccc3[cH-]2)=Cc2ccccc21. The van der Waals surface area contributed by atoms with Crippen molar-refractivity contribution in [2.45, 2.75) is 5.92 Å². The fourth-order valence-electron chi connectivity index (χ4n) is 4.71. The normalized spacial score (nSPS) is 14.1. The molecule has 0 N–H and O–H groups in total. The van der Waals surface area contributed by atoms with Crippen molar-refractivity contribution in [1.29, 1.82) is 0 Å². The third-order valence-electron chi connectivity index (χ3n) is 6.11. The molecular formula is C30H20Cl2SiZr. The molecule has 5 aromatic rings. The topological polar surface area (TPSA) is 0 Å². The Balaban J connectivity index is 0.000000764. The van der Waals surface area contributed by atoms with Gasteiger partial charge >= 0.3 is 37.9 Å². The monoisotopic (exact) mass is 568 g/mol. The average molecular weight is 571 g/mol. The fourth-order valence-corrected chi connectivity index (χ4v) is 6.18. The van der Waals surface area contributed by atoms with Gasteiger partial charge in [0.2, 0.25) is 0 Å². The van der Waals surface area contributed by atoms with E-state index in [0.717, 1.165) is 5.56 Å². The van der Waals surface area contributed by atoms with Crippen molar-refractivity contribution in [2.24, 2.45) is 0 Å². The number of benzene rings is 4. The van der Waals surface area contributed by atoms with Crippen LogP contribution < -0.4 is 5.19 Å². The van der Waals surface area contributed by atoms with Gasteiger partial charge in [0.1, 0.15) is 0 Å². The molecule has 1 aliphatic rings. The zero-order chi connectivity index (χ0) is 23.3. The first kappa shape index (κ1) is 23.6. The van der Waals surface area contributed by atoms with Crippen molar-refractivity contribution in [3.05, 3.63) is 137 Å². The minimum atomic E-state index is -0.826. The van der Waals surface area contributed by atoms with Gasteiger partial charge in [-0.25, -0.2) is 0 Å². The molecule has 5 aromatic carbocycles. The Labute approximate surface area is 222 Å². The van der Waals surface area contributed by atoms with Crippen LogP contribution in [0.1, 0.15) is 22.6 Å². The van der Waals surface area contributed by atoms with Crippen LogP contribution in [0.4, 0.5) is 0 Å². The van der Waals surface area contributed by atoms with E-state index in [4.69, 9.17) is 17.0 Å². The Kier molecular flexibility index (Phi) is 7.72. The molecule has 0 bridgehead atoms. The molecule has 0 nitrogen and oxygen atoms in total. The van der Waals surface area contributed by atoms with Gasteiger partial charge in [-0.1, -0.05) is 77.0 Å². The molecule has 0 amide bonds. The maximum Gasteiger partial charge on any atom is 0.0936 e. The molecule has 162 valence electrons.